The molecule has 1 aromatic rings. The van der Waals surface area contributed by atoms with Crippen molar-refractivity contribution >= 4 is 0 Å². The summed E-state index contributed by atoms with van der Waals surface area (Å²) in [4.78, 5) is 0. The van der Waals surface area contributed by atoms with Crippen molar-refractivity contribution < 1.29 is 9.13 Å². The second-order valence-corrected chi connectivity index (χ2v) is 5.60. The fraction of sp³-hybridized carbons (Fsp3) is 0.600. The molecule has 0 unspecified atom stereocenters. The standard InChI is InChI=1S/C15H22FNO/c1-10(2)11-8-12(14(18-3)13(16)9-11)15(17)6-4-5-7-15/h8-10H,4-7,17H2,1-3H3. The van der Waals surface area contributed by atoms with E-state index in [0.717, 1.165) is 36.8 Å². The molecule has 0 amide bonds. The Balaban J connectivity index is 2.55. The quantitative estimate of drug-likeness (QED) is 0.889. The summed E-state index contributed by atoms with van der Waals surface area (Å²) in [6, 6.07) is 3.59. The van der Waals surface area contributed by atoms with Crippen molar-refractivity contribution in [2.45, 2.75) is 51.0 Å². The number of hydrogen-bond acceptors (Lipinski definition) is 2. The smallest absolute Gasteiger partial charge is 0.165 e. The van der Waals surface area contributed by atoms with Crippen LogP contribution in [0.25, 0.3) is 0 Å². The third-order valence-corrected chi connectivity index (χ3v) is 3.97. The van der Waals surface area contributed by atoms with E-state index in [2.05, 4.69) is 13.8 Å². The molecule has 0 aromatic heterocycles. The summed E-state index contributed by atoms with van der Waals surface area (Å²) >= 11 is 0. The van der Waals surface area contributed by atoms with Crippen LogP contribution < -0.4 is 10.5 Å². The van der Waals surface area contributed by atoms with E-state index in [1.807, 2.05) is 6.07 Å². The van der Waals surface area contributed by atoms with Crippen LogP contribution in [0.2, 0.25) is 0 Å². The monoisotopic (exact) mass is 251 g/mol. The summed E-state index contributed by atoms with van der Waals surface area (Å²) in [6.45, 7) is 4.12. The average molecular weight is 251 g/mol. The predicted molar refractivity (Wildman–Crippen MR) is 71.4 cm³/mol. The number of methoxy groups -OCH3 is 1. The number of rotatable bonds is 3. The minimum Gasteiger partial charge on any atom is -0.493 e. The van der Waals surface area contributed by atoms with Crippen LogP contribution in [-0.4, -0.2) is 7.11 Å². The molecule has 3 heteroatoms. The maximum absolute atomic E-state index is 14.1. The van der Waals surface area contributed by atoms with Crippen molar-refractivity contribution in [3.05, 3.63) is 29.1 Å². The van der Waals surface area contributed by atoms with Gasteiger partial charge in [0.2, 0.25) is 0 Å². The lowest BCUT2D eigenvalue weighted by Crippen LogP contribution is -2.34. The minimum absolute atomic E-state index is 0.286. The molecule has 0 heterocycles. The van der Waals surface area contributed by atoms with E-state index in [1.165, 1.54) is 7.11 Å². The van der Waals surface area contributed by atoms with Gasteiger partial charge in [-0.05, 0) is 36.5 Å². The summed E-state index contributed by atoms with van der Waals surface area (Å²) in [6.07, 6.45) is 4.02. The first-order valence-electron chi connectivity index (χ1n) is 6.65. The van der Waals surface area contributed by atoms with Crippen molar-refractivity contribution in [1.82, 2.24) is 0 Å². The van der Waals surface area contributed by atoms with Gasteiger partial charge in [0.1, 0.15) is 0 Å². The van der Waals surface area contributed by atoms with Gasteiger partial charge in [-0.25, -0.2) is 4.39 Å². The molecule has 100 valence electrons. The number of halogens is 1. The molecule has 2 N–H and O–H groups in total. The molecule has 0 spiro atoms. The van der Waals surface area contributed by atoms with Crippen molar-refractivity contribution in [2.24, 2.45) is 5.73 Å². The Morgan fingerprint density at radius 3 is 2.39 bits per heavy atom. The van der Waals surface area contributed by atoms with Gasteiger partial charge in [-0.1, -0.05) is 26.7 Å². The molecule has 0 saturated heterocycles. The lowest BCUT2D eigenvalue weighted by Gasteiger charge is -2.27. The summed E-state index contributed by atoms with van der Waals surface area (Å²) in [5, 5.41) is 0. The Morgan fingerprint density at radius 1 is 1.28 bits per heavy atom. The Labute approximate surface area is 108 Å². The first-order valence-corrected chi connectivity index (χ1v) is 6.65. The van der Waals surface area contributed by atoms with E-state index in [0.29, 0.717) is 5.75 Å². The molecule has 2 nitrogen and oxygen atoms in total. The van der Waals surface area contributed by atoms with Gasteiger partial charge in [0.15, 0.2) is 11.6 Å². The Hall–Kier alpha value is -1.09. The molecular formula is C15H22FNO. The van der Waals surface area contributed by atoms with Gasteiger partial charge < -0.3 is 10.5 Å². The van der Waals surface area contributed by atoms with E-state index in [4.69, 9.17) is 10.5 Å². The molecule has 2 rings (SSSR count). The highest BCUT2D eigenvalue weighted by Crippen LogP contribution is 2.42. The van der Waals surface area contributed by atoms with Crippen LogP contribution in [0.15, 0.2) is 12.1 Å². The van der Waals surface area contributed by atoms with Gasteiger partial charge in [0.05, 0.1) is 7.11 Å². The normalized spacial score (nSPS) is 18.3. The van der Waals surface area contributed by atoms with Gasteiger partial charge in [-0.3, -0.25) is 0 Å². The Bertz CT molecular complexity index is 436. The molecule has 0 aliphatic heterocycles. The molecule has 18 heavy (non-hydrogen) atoms. The van der Waals surface area contributed by atoms with Crippen LogP contribution in [0.1, 0.15) is 56.6 Å². The summed E-state index contributed by atoms with van der Waals surface area (Å²) in [5.74, 6) is 0.313. The highest BCUT2D eigenvalue weighted by Gasteiger charge is 2.35. The van der Waals surface area contributed by atoms with Crippen molar-refractivity contribution in [2.75, 3.05) is 7.11 Å². The number of benzene rings is 1. The fourth-order valence-corrected chi connectivity index (χ4v) is 2.80. The lowest BCUT2D eigenvalue weighted by molar-refractivity contribution is 0.356. The van der Waals surface area contributed by atoms with Crippen LogP contribution in [-0.2, 0) is 5.54 Å². The van der Waals surface area contributed by atoms with E-state index < -0.39 is 5.54 Å². The van der Waals surface area contributed by atoms with Gasteiger partial charge >= 0.3 is 0 Å². The topological polar surface area (TPSA) is 35.2 Å². The molecule has 1 fully saturated rings. The fourth-order valence-electron chi connectivity index (χ4n) is 2.80. The zero-order valence-corrected chi connectivity index (χ0v) is 11.4. The minimum atomic E-state index is -0.420. The lowest BCUT2D eigenvalue weighted by atomic mass is 9.86. The number of nitrogens with two attached hydrogens (primary N) is 1. The van der Waals surface area contributed by atoms with Crippen LogP contribution in [0.4, 0.5) is 4.39 Å². The van der Waals surface area contributed by atoms with Crippen LogP contribution in [0, 0.1) is 5.82 Å². The second-order valence-electron chi connectivity index (χ2n) is 5.60. The second kappa shape index (κ2) is 4.88. The first-order chi connectivity index (χ1) is 8.48. The van der Waals surface area contributed by atoms with E-state index in [1.54, 1.807) is 6.07 Å². The molecule has 0 atom stereocenters. The molecular weight excluding hydrogens is 229 g/mol. The van der Waals surface area contributed by atoms with Gasteiger partial charge in [0, 0.05) is 11.1 Å². The van der Waals surface area contributed by atoms with Crippen LogP contribution >= 0.6 is 0 Å². The summed E-state index contributed by atoms with van der Waals surface area (Å²) in [7, 11) is 1.51. The summed E-state index contributed by atoms with van der Waals surface area (Å²) < 4.78 is 19.3. The Kier molecular flexibility index (Phi) is 3.62. The highest BCUT2D eigenvalue weighted by atomic mass is 19.1. The van der Waals surface area contributed by atoms with Gasteiger partial charge in [-0.15, -0.1) is 0 Å². The van der Waals surface area contributed by atoms with Gasteiger partial charge in [-0.2, -0.15) is 0 Å². The zero-order valence-electron chi connectivity index (χ0n) is 11.4. The third-order valence-electron chi connectivity index (χ3n) is 3.97. The number of hydrogen-bond donors (Lipinski definition) is 1. The van der Waals surface area contributed by atoms with Crippen molar-refractivity contribution in [1.29, 1.82) is 0 Å². The molecule has 1 aliphatic carbocycles. The Morgan fingerprint density at radius 2 is 1.89 bits per heavy atom. The van der Waals surface area contributed by atoms with Crippen molar-refractivity contribution in [3.63, 3.8) is 0 Å². The van der Waals surface area contributed by atoms with Crippen LogP contribution in [0.3, 0.4) is 0 Å². The maximum Gasteiger partial charge on any atom is 0.165 e. The van der Waals surface area contributed by atoms with E-state index in [9.17, 15) is 4.39 Å². The average Bonchev–Trinajstić information content (AvgIpc) is 2.76. The molecule has 0 radical (unpaired) electrons. The van der Waals surface area contributed by atoms with Gasteiger partial charge in [0.25, 0.3) is 0 Å². The number of ether oxygens (including phenoxy) is 1. The maximum atomic E-state index is 14.1. The SMILES string of the molecule is COc1c(F)cc(C(C)C)cc1C1(N)CCCC1. The predicted octanol–water partition coefficient (Wildman–Crippen LogP) is 3.69. The van der Waals surface area contributed by atoms with Crippen LogP contribution in [0.5, 0.6) is 5.75 Å². The molecule has 1 saturated carbocycles. The summed E-state index contributed by atoms with van der Waals surface area (Å²) in [5.41, 5.74) is 7.85. The molecule has 1 aromatic carbocycles. The van der Waals surface area contributed by atoms with E-state index >= 15 is 0 Å². The zero-order chi connectivity index (χ0) is 13.3. The van der Waals surface area contributed by atoms with Crippen molar-refractivity contribution in [3.8, 4) is 5.75 Å². The largest absolute Gasteiger partial charge is 0.493 e. The molecule has 0 bridgehead atoms. The molecule has 1 aliphatic rings. The first kappa shape index (κ1) is 13.3. The highest BCUT2D eigenvalue weighted by molar-refractivity contribution is 5.44. The third kappa shape index (κ3) is 2.24. The van der Waals surface area contributed by atoms with E-state index in [-0.39, 0.29) is 11.7 Å².